The van der Waals surface area contributed by atoms with E-state index in [9.17, 15) is 0 Å². The molecule has 1 aromatic heterocycles. The molecule has 8 heavy (non-hydrogen) atoms. The van der Waals surface area contributed by atoms with Crippen molar-refractivity contribution in [3.8, 4) is 0 Å². The van der Waals surface area contributed by atoms with E-state index < -0.39 is 0 Å². The molecule has 1 heterocycles. The maximum Gasteiger partial charge on any atom is 0.139 e. The lowest BCUT2D eigenvalue weighted by Gasteiger charge is -1.79. The van der Waals surface area contributed by atoms with Crippen molar-refractivity contribution < 1.29 is 0 Å². The Labute approximate surface area is 55.6 Å². The van der Waals surface area contributed by atoms with Gasteiger partial charge < -0.3 is 0 Å². The van der Waals surface area contributed by atoms with E-state index in [-0.39, 0.29) is 5.17 Å². The van der Waals surface area contributed by atoms with E-state index in [2.05, 4.69) is 4.98 Å². The second-order valence-electron chi connectivity index (χ2n) is 1.18. The molecule has 0 spiro atoms. The van der Waals surface area contributed by atoms with Crippen LogP contribution in [0.4, 0.5) is 0 Å². The van der Waals surface area contributed by atoms with E-state index >= 15 is 0 Å². The average molecular weight is 147 g/mol. The zero-order valence-electron chi connectivity index (χ0n) is 3.89. The van der Waals surface area contributed by atoms with E-state index in [0.717, 1.165) is 0 Å². The molecule has 0 aromatic carbocycles. The number of rotatable bonds is 1. The Morgan fingerprint density at radius 1 is 1.88 bits per heavy atom. The molecule has 0 aliphatic heterocycles. The monoisotopic (exact) mass is 146 g/mol. The summed E-state index contributed by atoms with van der Waals surface area (Å²) in [5.41, 5.74) is 1.65. The van der Waals surface area contributed by atoms with Crippen molar-refractivity contribution in [1.82, 2.24) is 4.98 Å². The summed E-state index contributed by atoms with van der Waals surface area (Å²) >= 11 is 6.66. The number of hydrogen-bond donors (Lipinski definition) is 1. The second-order valence-corrected chi connectivity index (χ2v) is 2.44. The number of nitrogens with zero attached hydrogens (tertiary/aromatic N) is 1. The van der Waals surface area contributed by atoms with Crippen molar-refractivity contribution >= 4 is 28.1 Å². The number of thiazole rings is 1. The number of halogens is 1. The molecule has 42 valence electrons. The van der Waals surface area contributed by atoms with Gasteiger partial charge in [-0.1, -0.05) is 11.6 Å². The molecule has 1 aromatic rings. The first kappa shape index (κ1) is 5.72. The summed E-state index contributed by atoms with van der Waals surface area (Å²) in [5, 5.41) is 6.95. The van der Waals surface area contributed by atoms with E-state index in [0.29, 0.717) is 4.88 Å². The summed E-state index contributed by atoms with van der Waals surface area (Å²) in [4.78, 5) is 4.45. The highest BCUT2D eigenvalue weighted by Gasteiger charge is 1.95. The molecule has 1 rings (SSSR count). The third-order valence-corrected chi connectivity index (χ3v) is 1.75. The van der Waals surface area contributed by atoms with Crippen molar-refractivity contribution in [2.45, 2.75) is 0 Å². The van der Waals surface area contributed by atoms with E-state index in [1.807, 2.05) is 0 Å². The molecule has 0 bridgehead atoms. The van der Waals surface area contributed by atoms with Crippen molar-refractivity contribution in [2.24, 2.45) is 0 Å². The van der Waals surface area contributed by atoms with Gasteiger partial charge >= 0.3 is 0 Å². The molecule has 0 atom stereocenters. The highest BCUT2D eigenvalue weighted by atomic mass is 35.5. The molecular formula is C4H3ClN2S. The maximum atomic E-state index is 6.89. The molecule has 0 radical (unpaired) electrons. The van der Waals surface area contributed by atoms with Gasteiger partial charge in [0.2, 0.25) is 0 Å². The highest BCUT2D eigenvalue weighted by Crippen LogP contribution is 2.07. The summed E-state index contributed by atoms with van der Waals surface area (Å²) in [7, 11) is 0. The SMILES string of the molecule is N=C(Cl)c1cncs1. The number of aromatic nitrogens is 1. The summed E-state index contributed by atoms with van der Waals surface area (Å²) < 4.78 is 0. The standard InChI is InChI=1S/C4H3ClN2S/c5-4(6)3-1-7-2-8-3/h1-2,6H. The van der Waals surface area contributed by atoms with Crippen LogP contribution in [0.25, 0.3) is 0 Å². The quantitative estimate of drug-likeness (QED) is 0.602. The third-order valence-electron chi connectivity index (χ3n) is 0.649. The molecule has 0 fully saturated rings. The van der Waals surface area contributed by atoms with Crippen molar-refractivity contribution in [2.75, 3.05) is 0 Å². The zero-order valence-corrected chi connectivity index (χ0v) is 5.46. The maximum absolute atomic E-state index is 6.89. The van der Waals surface area contributed by atoms with E-state index in [1.165, 1.54) is 11.3 Å². The number of nitrogens with one attached hydrogen (secondary N) is 1. The Bertz CT molecular complexity index is 182. The Morgan fingerprint density at radius 3 is 2.88 bits per heavy atom. The highest BCUT2D eigenvalue weighted by molar-refractivity contribution is 7.13. The molecule has 1 N–H and O–H groups in total. The first-order chi connectivity index (χ1) is 3.80. The molecule has 4 heteroatoms. The topological polar surface area (TPSA) is 36.7 Å². The van der Waals surface area contributed by atoms with Crippen LogP contribution in [0.2, 0.25) is 0 Å². The number of hydrogen-bond acceptors (Lipinski definition) is 3. The fourth-order valence-electron chi connectivity index (χ4n) is 0.324. The molecule has 0 amide bonds. The fourth-order valence-corrected chi connectivity index (χ4v) is 0.967. The predicted octanol–water partition coefficient (Wildman–Crippen LogP) is 1.71. The lowest BCUT2D eigenvalue weighted by atomic mass is 10.6. The minimum Gasteiger partial charge on any atom is -0.288 e. The molecule has 2 nitrogen and oxygen atoms in total. The largest absolute Gasteiger partial charge is 0.288 e. The molecule has 0 saturated carbocycles. The van der Waals surface area contributed by atoms with Gasteiger partial charge in [0.15, 0.2) is 0 Å². The fraction of sp³-hybridized carbons (Fsp3) is 0. The Balaban J connectivity index is 2.93. The minimum atomic E-state index is 0.0625. The van der Waals surface area contributed by atoms with Crippen LogP contribution in [0.5, 0.6) is 0 Å². The van der Waals surface area contributed by atoms with Gasteiger partial charge in [0.05, 0.1) is 10.4 Å². The van der Waals surface area contributed by atoms with Gasteiger partial charge in [-0.05, 0) is 0 Å². The van der Waals surface area contributed by atoms with Crippen molar-refractivity contribution in [3.05, 3.63) is 16.6 Å². The normalized spacial score (nSPS) is 9.12. The van der Waals surface area contributed by atoms with Crippen LogP contribution in [-0.2, 0) is 0 Å². The van der Waals surface area contributed by atoms with Gasteiger partial charge in [-0.25, -0.2) is 0 Å². The third kappa shape index (κ3) is 1.05. The van der Waals surface area contributed by atoms with Crippen LogP contribution in [0.1, 0.15) is 4.88 Å². The first-order valence-electron chi connectivity index (χ1n) is 1.93. The van der Waals surface area contributed by atoms with Gasteiger partial charge in [0.25, 0.3) is 0 Å². The van der Waals surface area contributed by atoms with Gasteiger partial charge in [-0.2, -0.15) is 0 Å². The van der Waals surface area contributed by atoms with E-state index in [1.54, 1.807) is 11.7 Å². The summed E-state index contributed by atoms with van der Waals surface area (Å²) in [6, 6.07) is 0. The Kier molecular flexibility index (Phi) is 1.60. The lowest BCUT2D eigenvalue weighted by Crippen LogP contribution is -1.78. The van der Waals surface area contributed by atoms with E-state index in [4.69, 9.17) is 17.0 Å². The minimum absolute atomic E-state index is 0.0625. The second kappa shape index (κ2) is 2.24. The van der Waals surface area contributed by atoms with Gasteiger partial charge in [0.1, 0.15) is 5.17 Å². The predicted molar refractivity (Wildman–Crippen MR) is 34.8 cm³/mol. The van der Waals surface area contributed by atoms with Crippen LogP contribution in [0, 0.1) is 5.41 Å². The van der Waals surface area contributed by atoms with Gasteiger partial charge in [0, 0.05) is 6.20 Å². The Morgan fingerprint density at radius 2 is 2.62 bits per heavy atom. The average Bonchev–Trinajstić information content (AvgIpc) is 2.12. The lowest BCUT2D eigenvalue weighted by molar-refractivity contribution is 1.41. The summed E-state index contributed by atoms with van der Waals surface area (Å²) in [6.45, 7) is 0. The molecule has 0 saturated heterocycles. The van der Waals surface area contributed by atoms with Crippen molar-refractivity contribution in [3.63, 3.8) is 0 Å². The van der Waals surface area contributed by atoms with Gasteiger partial charge in [-0.15, -0.1) is 11.3 Å². The van der Waals surface area contributed by atoms with Crippen LogP contribution in [0.15, 0.2) is 11.7 Å². The molecule has 0 aliphatic rings. The van der Waals surface area contributed by atoms with Crippen LogP contribution < -0.4 is 0 Å². The first-order valence-corrected chi connectivity index (χ1v) is 3.19. The summed E-state index contributed by atoms with van der Waals surface area (Å²) in [5.74, 6) is 0. The smallest absolute Gasteiger partial charge is 0.139 e. The summed E-state index contributed by atoms with van der Waals surface area (Å²) in [6.07, 6.45) is 1.57. The van der Waals surface area contributed by atoms with Crippen molar-refractivity contribution in [1.29, 1.82) is 5.41 Å². The van der Waals surface area contributed by atoms with Gasteiger partial charge in [-0.3, -0.25) is 10.4 Å². The molecular weight excluding hydrogens is 144 g/mol. The Hall–Kier alpha value is -0.410. The molecule has 0 aliphatic carbocycles. The molecule has 0 unspecified atom stereocenters. The van der Waals surface area contributed by atoms with Crippen LogP contribution in [-0.4, -0.2) is 10.2 Å². The van der Waals surface area contributed by atoms with Crippen LogP contribution in [0.3, 0.4) is 0 Å². The zero-order chi connectivity index (χ0) is 5.98. The van der Waals surface area contributed by atoms with Crippen LogP contribution >= 0.6 is 22.9 Å².